The van der Waals surface area contributed by atoms with Crippen molar-refractivity contribution in [2.75, 3.05) is 26.2 Å². The van der Waals surface area contributed by atoms with Crippen molar-refractivity contribution in [1.82, 2.24) is 0 Å². The summed E-state index contributed by atoms with van der Waals surface area (Å²) in [6.07, 6.45) is 12.9. The molecule has 0 fully saturated rings. The van der Waals surface area contributed by atoms with Gasteiger partial charge in [-0.25, -0.2) is 0 Å². The van der Waals surface area contributed by atoms with Crippen molar-refractivity contribution >= 4 is 17.9 Å². The Labute approximate surface area is 175 Å². The fourth-order valence-electron chi connectivity index (χ4n) is 3.64. The van der Waals surface area contributed by atoms with Crippen LogP contribution < -0.4 is 0 Å². The van der Waals surface area contributed by atoms with E-state index in [4.69, 9.17) is 15.3 Å². The Balaban J connectivity index is 4.87. The van der Waals surface area contributed by atoms with Crippen molar-refractivity contribution in [3.05, 3.63) is 12.2 Å². The van der Waals surface area contributed by atoms with Gasteiger partial charge in [0, 0.05) is 25.7 Å². The van der Waals surface area contributed by atoms with Crippen molar-refractivity contribution in [3.63, 3.8) is 0 Å². The van der Waals surface area contributed by atoms with E-state index >= 15 is 0 Å². The Morgan fingerprint density at radius 3 is 1.48 bits per heavy atom. The number of carboxylic acid groups (broad SMARTS) is 3. The molecule has 0 rings (SSSR count). The smallest absolute Gasteiger partial charge is 0.303 e. The van der Waals surface area contributed by atoms with E-state index < -0.39 is 17.9 Å². The molecule has 7 nitrogen and oxygen atoms in total. The first kappa shape index (κ1) is 27.1. The summed E-state index contributed by atoms with van der Waals surface area (Å²) < 4.78 is 0.591. The van der Waals surface area contributed by atoms with Crippen LogP contribution in [-0.4, -0.2) is 63.9 Å². The molecule has 0 amide bonds. The molecule has 0 aliphatic carbocycles. The summed E-state index contributed by atoms with van der Waals surface area (Å²) in [6.45, 7) is 4.87. The molecular formula is C22H40NO6+. The molecule has 29 heavy (non-hydrogen) atoms. The molecule has 0 atom stereocenters. The number of hydrogen-bond donors (Lipinski definition) is 3. The number of carboxylic acids is 3. The first-order chi connectivity index (χ1) is 13.8. The van der Waals surface area contributed by atoms with Crippen LogP contribution in [0.1, 0.15) is 84.0 Å². The minimum atomic E-state index is -0.842. The molecule has 0 unspecified atom stereocenters. The van der Waals surface area contributed by atoms with Crippen LogP contribution in [0, 0.1) is 0 Å². The van der Waals surface area contributed by atoms with Gasteiger partial charge in [0.25, 0.3) is 0 Å². The number of carbonyl (C=O) groups is 3. The summed E-state index contributed by atoms with van der Waals surface area (Å²) in [5.41, 5.74) is 0. The van der Waals surface area contributed by atoms with Gasteiger partial charge in [-0.15, -0.1) is 0 Å². The topological polar surface area (TPSA) is 112 Å². The van der Waals surface area contributed by atoms with Crippen LogP contribution in [0.15, 0.2) is 12.2 Å². The Kier molecular flexibility index (Phi) is 15.9. The van der Waals surface area contributed by atoms with Crippen LogP contribution in [0.5, 0.6) is 0 Å². The van der Waals surface area contributed by atoms with Crippen LogP contribution in [0.3, 0.4) is 0 Å². The molecule has 0 aromatic rings. The first-order valence-corrected chi connectivity index (χ1v) is 11.0. The van der Waals surface area contributed by atoms with Gasteiger partial charge in [0.2, 0.25) is 0 Å². The molecule has 0 spiro atoms. The molecule has 0 aromatic heterocycles. The summed E-state index contributed by atoms with van der Waals surface area (Å²) in [7, 11) is 0. The average molecular weight is 415 g/mol. The SMILES string of the molecule is CCCCCC/C=C/CC[N+](CCCC(=O)O)(CCCC(=O)O)CCCC(=O)O. The number of quaternary nitrogens is 1. The zero-order valence-electron chi connectivity index (χ0n) is 18.0. The highest BCUT2D eigenvalue weighted by Crippen LogP contribution is 2.17. The Morgan fingerprint density at radius 1 is 0.621 bits per heavy atom. The molecule has 0 saturated heterocycles. The maximum atomic E-state index is 10.9. The summed E-state index contributed by atoms with van der Waals surface area (Å²) in [5.74, 6) is -2.52. The summed E-state index contributed by atoms with van der Waals surface area (Å²) >= 11 is 0. The van der Waals surface area contributed by atoms with E-state index in [0.717, 1.165) is 19.4 Å². The van der Waals surface area contributed by atoms with Crippen molar-refractivity contribution in [2.45, 2.75) is 84.0 Å². The number of allylic oxidation sites excluding steroid dienone is 1. The fourth-order valence-corrected chi connectivity index (χ4v) is 3.64. The molecule has 168 valence electrons. The van der Waals surface area contributed by atoms with Crippen molar-refractivity contribution < 1.29 is 34.2 Å². The normalized spacial score (nSPS) is 11.8. The predicted molar refractivity (Wildman–Crippen MR) is 113 cm³/mol. The van der Waals surface area contributed by atoms with E-state index in [-0.39, 0.29) is 19.3 Å². The van der Waals surface area contributed by atoms with Crippen molar-refractivity contribution in [3.8, 4) is 0 Å². The zero-order chi connectivity index (χ0) is 22.0. The second-order valence-corrected chi connectivity index (χ2v) is 7.84. The fraction of sp³-hybridized carbons (Fsp3) is 0.773. The molecule has 0 heterocycles. The third-order valence-electron chi connectivity index (χ3n) is 5.23. The second kappa shape index (κ2) is 17.0. The van der Waals surface area contributed by atoms with Crippen LogP contribution in [0.25, 0.3) is 0 Å². The molecule has 7 heteroatoms. The Hall–Kier alpha value is -1.89. The lowest BCUT2D eigenvalue weighted by Crippen LogP contribution is -2.51. The lowest BCUT2D eigenvalue weighted by Gasteiger charge is -2.39. The number of unbranched alkanes of at least 4 members (excludes halogenated alkanes) is 4. The van der Waals surface area contributed by atoms with Gasteiger partial charge in [-0.1, -0.05) is 38.3 Å². The second-order valence-electron chi connectivity index (χ2n) is 7.84. The molecule has 0 aliphatic rings. The van der Waals surface area contributed by atoms with Gasteiger partial charge in [-0.05, 0) is 12.8 Å². The Morgan fingerprint density at radius 2 is 1.07 bits per heavy atom. The first-order valence-electron chi connectivity index (χ1n) is 11.0. The average Bonchev–Trinajstić information content (AvgIpc) is 2.63. The Bertz CT molecular complexity index is 453. The largest absolute Gasteiger partial charge is 0.481 e. The lowest BCUT2D eigenvalue weighted by molar-refractivity contribution is -0.928. The molecule has 0 radical (unpaired) electrons. The van der Waals surface area contributed by atoms with Gasteiger partial charge >= 0.3 is 17.9 Å². The molecule has 0 saturated carbocycles. The van der Waals surface area contributed by atoms with E-state index in [9.17, 15) is 14.4 Å². The van der Waals surface area contributed by atoms with Crippen LogP contribution in [0.2, 0.25) is 0 Å². The van der Waals surface area contributed by atoms with Gasteiger partial charge in [-0.2, -0.15) is 0 Å². The van der Waals surface area contributed by atoms with E-state index in [1.54, 1.807) is 0 Å². The molecular weight excluding hydrogens is 374 g/mol. The maximum absolute atomic E-state index is 10.9. The molecule has 0 bridgehead atoms. The third-order valence-corrected chi connectivity index (χ3v) is 5.23. The highest BCUT2D eigenvalue weighted by atomic mass is 16.4. The number of nitrogens with zero attached hydrogens (tertiary/aromatic N) is 1. The van der Waals surface area contributed by atoms with Crippen molar-refractivity contribution in [1.29, 1.82) is 0 Å². The minimum absolute atomic E-state index is 0.0745. The number of aliphatic carboxylic acids is 3. The summed E-state index contributed by atoms with van der Waals surface area (Å²) in [5, 5.41) is 26.9. The van der Waals surface area contributed by atoms with E-state index in [1.165, 1.54) is 25.7 Å². The highest BCUT2D eigenvalue weighted by molar-refractivity contribution is 5.67. The third kappa shape index (κ3) is 16.7. The van der Waals surface area contributed by atoms with E-state index in [1.807, 2.05) is 0 Å². The molecule has 3 N–H and O–H groups in total. The van der Waals surface area contributed by atoms with Crippen molar-refractivity contribution in [2.24, 2.45) is 0 Å². The summed E-state index contributed by atoms with van der Waals surface area (Å²) in [4.78, 5) is 32.8. The monoisotopic (exact) mass is 414 g/mol. The zero-order valence-corrected chi connectivity index (χ0v) is 18.0. The summed E-state index contributed by atoms with van der Waals surface area (Å²) in [6, 6.07) is 0. The predicted octanol–water partition coefficient (Wildman–Crippen LogP) is 4.31. The minimum Gasteiger partial charge on any atom is -0.481 e. The van der Waals surface area contributed by atoms with Gasteiger partial charge in [0.1, 0.15) is 0 Å². The van der Waals surface area contributed by atoms with E-state index in [2.05, 4.69) is 19.1 Å². The molecule has 0 aliphatic heterocycles. The standard InChI is InChI=1S/C22H39NO6/c1-2-3-4-5-6-7-8-9-16-23(17-10-13-20(24)25,18-11-14-21(26)27)19-12-15-22(28)29/h7-8H,2-6,9-19H2,1H3,(H2-,24,25,26,27,28,29)/p+1/b8-7+. The van der Waals surface area contributed by atoms with Crippen LogP contribution in [0.4, 0.5) is 0 Å². The highest BCUT2D eigenvalue weighted by Gasteiger charge is 2.26. The van der Waals surface area contributed by atoms with Gasteiger partial charge in [0.05, 0.1) is 45.4 Å². The number of hydrogen-bond acceptors (Lipinski definition) is 3. The maximum Gasteiger partial charge on any atom is 0.303 e. The van der Waals surface area contributed by atoms with Crippen LogP contribution in [-0.2, 0) is 14.4 Å². The van der Waals surface area contributed by atoms with Gasteiger partial charge in [0.15, 0.2) is 0 Å². The molecule has 0 aromatic carbocycles. The van der Waals surface area contributed by atoms with E-state index in [0.29, 0.717) is 43.4 Å². The van der Waals surface area contributed by atoms with Crippen LogP contribution >= 0.6 is 0 Å². The quantitative estimate of drug-likeness (QED) is 0.155. The lowest BCUT2D eigenvalue weighted by atomic mass is 10.1. The van der Waals surface area contributed by atoms with Gasteiger partial charge in [-0.3, -0.25) is 14.4 Å². The number of rotatable bonds is 20. The van der Waals surface area contributed by atoms with Gasteiger partial charge < -0.3 is 19.8 Å².